The SMILES string of the molecule is NC(=S)c1ccc(NCCn2cccn2)c(F)c1F. The molecule has 0 saturated heterocycles. The van der Waals surface area contributed by atoms with E-state index in [1.165, 1.54) is 12.1 Å². The van der Waals surface area contributed by atoms with Gasteiger partial charge in [-0.25, -0.2) is 8.78 Å². The predicted octanol–water partition coefficient (Wildman–Crippen LogP) is 1.91. The zero-order valence-corrected chi connectivity index (χ0v) is 10.8. The molecule has 1 aromatic carbocycles. The summed E-state index contributed by atoms with van der Waals surface area (Å²) in [5.74, 6) is -2.01. The van der Waals surface area contributed by atoms with Crippen LogP contribution in [0.5, 0.6) is 0 Å². The van der Waals surface area contributed by atoms with Crippen molar-refractivity contribution in [2.24, 2.45) is 5.73 Å². The molecule has 7 heteroatoms. The number of anilines is 1. The molecule has 0 spiro atoms. The Morgan fingerprint density at radius 3 is 2.79 bits per heavy atom. The van der Waals surface area contributed by atoms with Crippen molar-refractivity contribution in [2.75, 3.05) is 11.9 Å². The van der Waals surface area contributed by atoms with E-state index in [9.17, 15) is 8.78 Å². The fourth-order valence-corrected chi connectivity index (χ4v) is 1.77. The van der Waals surface area contributed by atoms with Crippen LogP contribution in [0.2, 0.25) is 0 Å². The molecule has 0 amide bonds. The zero-order valence-electron chi connectivity index (χ0n) is 9.94. The predicted molar refractivity (Wildman–Crippen MR) is 73.0 cm³/mol. The summed E-state index contributed by atoms with van der Waals surface area (Å²) < 4.78 is 29.0. The molecule has 0 atom stereocenters. The van der Waals surface area contributed by atoms with E-state index in [4.69, 9.17) is 5.73 Å². The van der Waals surface area contributed by atoms with Crippen LogP contribution < -0.4 is 11.1 Å². The lowest BCUT2D eigenvalue weighted by Gasteiger charge is -2.10. The van der Waals surface area contributed by atoms with Crippen LogP contribution in [0.15, 0.2) is 30.6 Å². The van der Waals surface area contributed by atoms with Crippen molar-refractivity contribution in [2.45, 2.75) is 6.54 Å². The third kappa shape index (κ3) is 3.05. The highest BCUT2D eigenvalue weighted by atomic mass is 32.1. The van der Waals surface area contributed by atoms with Gasteiger partial charge in [0.1, 0.15) is 4.99 Å². The summed E-state index contributed by atoms with van der Waals surface area (Å²) in [6.07, 6.45) is 3.44. The molecule has 3 N–H and O–H groups in total. The molecule has 0 unspecified atom stereocenters. The minimum atomic E-state index is -1.03. The molecule has 0 bridgehead atoms. The van der Waals surface area contributed by atoms with Gasteiger partial charge in [0.2, 0.25) is 0 Å². The maximum atomic E-state index is 13.7. The molecule has 0 aliphatic carbocycles. The zero-order chi connectivity index (χ0) is 13.8. The first kappa shape index (κ1) is 13.4. The van der Waals surface area contributed by atoms with Gasteiger partial charge in [-0.3, -0.25) is 4.68 Å². The summed E-state index contributed by atoms with van der Waals surface area (Å²) >= 11 is 4.63. The topological polar surface area (TPSA) is 55.9 Å². The van der Waals surface area contributed by atoms with E-state index in [2.05, 4.69) is 22.6 Å². The Labute approximate surface area is 114 Å². The summed E-state index contributed by atoms with van der Waals surface area (Å²) in [4.78, 5) is -0.167. The largest absolute Gasteiger partial charge is 0.389 e. The van der Waals surface area contributed by atoms with Gasteiger partial charge >= 0.3 is 0 Å². The van der Waals surface area contributed by atoms with Crippen molar-refractivity contribution in [1.82, 2.24) is 9.78 Å². The van der Waals surface area contributed by atoms with Gasteiger partial charge in [0.25, 0.3) is 0 Å². The van der Waals surface area contributed by atoms with Crippen LogP contribution in [0.4, 0.5) is 14.5 Å². The maximum absolute atomic E-state index is 13.7. The molecule has 1 aromatic heterocycles. The first-order chi connectivity index (χ1) is 9.09. The number of nitrogens with one attached hydrogen (secondary N) is 1. The Balaban J connectivity index is 2.05. The van der Waals surface area contributed by atoms with E-state index in [1.807, 2.05) is 0 Å². The van der Waals surface area contributed by atoms with E-state index in [0.29, 0.717) is 13.1 Å². The van der Waals surface area contributed by atoms with Crippen LogP contribution in [-0.2, 0) is 6.54 Å². The van der Waals surface area contributed by atoms with E-state index >= 15 is 0 Å². The second-order valence-electron chi connectivity index (χ2n) is 3.85. The average molecular weight is 282 g/mol. The number of nitrogens with two attached hydrogens (primary N) is 1. The second-order valence-corrected chi connectivity index (χ2v) is 4.29. The van der Waals surface area contributed by atoms with Gasteiger partial charge in [0, 0.05) is 24.5 Å². The minimum Gasteiger partial charge on any atom is -0.389 e. The van der Waals surface area contributed by atoms with Crippen molar-refractivity contribution in [3.63, 3.8) is 0 Å². The summed E-state index contributed by atoms with van der Waals surface area (Å²) in [6.45, 7) is 0.968. The number of rotatable bonds is 5. The summed E-state index contributed by atoms with van der Waals surface area (Å²) in [7, 11) is 0. The van der Waals surface area contributed by atoms with Crippen LogP contribution in [0.3, 0.4) is 0 Å². The fraction of sp³-hybridized carbons (Fsp3) is 0.167. The van der Waals surface area contributed by atoms with Crippen molar-refractivity contribution < 1.29 is 8.78 Å². The first-order valence-electron chi connectivity index (χ1n) is 5.58. The molecule has 19 heavy (non-hydrogen) atoms. The highest BCUT2D eigenvalue weighted by Gasteiger charge is 2.14. The van der Waals surface area contributed by atoms with Gasteiger partial charge in [-0.15, -0.1) is 0 Å². The molecule has 0 saturated carbocycles. The molecule has 1 heterocycles. The lowest BCUT2D eigenvalue weighted by atomic mass is 10.2. The van der Waals surface area contributed by atoms with Crippen LogP contribution in [0, 0.1) is 11.6 Å². The molecule has 4 nitrogen and oxygen atoms in total. The van der Waals surface area contributed by atoms with Crippen LogP contribution in [-0.4, -0.2) is 21.3 Å². The third-order valence-corrected chi connectivity index (χ3v) is 2.78. The summed E-state index contributed by atoms with van der Waals surface area (Å²) in [5, 5.41) is 6.80. The van der Waals surface area contributed by atoms with Crippen LogP contribution >= 0.6 is 12.2 Å². The van der Waals surface area contributed by atoms with Gasteiger partial charge in [0.15, 0.2) is 11.6 Å². The Kier molecular flexibility index (Phi) is 4.06. The number of thiocarbonyl (C=S) groups is 1. The minimum absolute atomic E-state index is 0.0738. The maximum Gasteiger partial charge on any atom is 0.182 e. The van der Waals surface area contributed by atoms with Crippen molar-refractivity contribution in [1.29, 1.82) is 0 Å². The van der Waals surface area contributed by atoms with E-state index in [0.717, 1.165) is 0 Å². The molecule has 2 aromatic rings. The molecule has 0 fully saturated rings. The van der Waals surface area contributed by atoms with Gasteiger partial charge in [-0.2, -0.15) is 5.10 Å². The molecule has 0 radical (unpaired) electrons. The van der Waals surface area contributed by atoms with E-state index in [-0.39, 0.29) is 16.2 Å². The normalized spacial score (nSPS) is 10.4. The van der Waals surface area contributed by atoms with Crippen LogP contribution in [0.1, 0.15) is 5.56 Å². The smallest absolute Gasteiger partial charge is 0.182 e. The number of halogens is 2. The van der Waals surface area contributed by atoms with E-state index in [1.54, 1.807) is 23.1 Å². The average Bonchev–Trinajstić information content (AvgIpc) is 2.87. The van der Waals surface area contributed by atoms with E-state index < -0.39 is 11.6 Å². The monoisotopic (exact) mass is 282 g/mol. The first-order valence-corrected chi connectivity index (χ1v) is 5.99. The van der Waals surface area contributed by atoms with Gasteiger partial charge in [-0.05, 0) is 18.2 Å². The molecular weight excluding hydrogens is 270 g/mol. The summed E-state index contributed by atoms with van der Waals surface area (Å²) in [5.41, 5.74) is 5.27. The standard InChI is InChI=1S/C12H12F2N4S/c13-10-8(12(15)19)2-3-9(11(10)14)16-5-7-18-6-1-4-17-18/h1-4,6,16H,5,7H2,(H2,15,19). The molecule has 0 aliphatic heterocycles. The van der Waals surface area contributed by atoms with Crippen molar-refractivity contribution in [3.05, 3.63) is 47.8 Å². The van der Waals surface area contributed by atoms with Crippen molar-refractivity contribution >= 4 is 22.9 Å². The highest BCUT2D eigenvalue weighted by molar-refractivity contribution is 7.80. The molecular formula is C12H12F2N4S. The Bertz CT molecular complexity index is 584. The van der Waals surface area contributed by atoms with Crippen LogP contribution in [0.25, 0.3) is 0 Å². The Morgan fingerprint density at radius 1 is 1.37 bits per heavy atom. The number of hydrogen-bond donors (Lipinski definition) is 2. The Hall–Kier alpha value is -2.02. The molecule has 0 aliphatic rings. The highest BCUT2D eigenvalue weighted by Crippen LogP contribution is 2.20. The number of aromatic nitrogens is 2. The third-order valence-electron chi connectivity index (χ3n) is 2.56. The number of nitrogens with zero attached hydrogens (tertiary/aromatic N) is 2. The van der Waals surface area contributed by atoms with Gasteiger partial charge in [0.05, 0.1) is 12.2 Å². The molecule has 100 valence electrons. The quantitative estimate of drug-likeness (QED) is 0.823. The lowest BCUT2D eigenvalue weighted by molar-refractivity contribution is 0.509. The summed E-state index contributed by atoms with van der Waals surface area (Å²) in [6, 6.07) is 4.56. The van der Waals surface area contributed by atoms with Gasteiger partial charge in [-0.1, -0.05) is 12.2 Å². The second kappa shape index (κ2) is 5.75. The number of hydrogen-bond acceptors (Lipinski definition) is 3. The lowest BCUT2D eigenvalue weighted by Crippen LogP contribution is -2.15. The van der Waals surface area contributed by atoms with Crippen molar-refractivity contribution in [3.8, 4) is 0 Å². The van der Waals surface area contributed by atoms with Gasteiger partial charge < -0.3 is 11.1 Å². The fourth-order valence-electron chi connectivity index (χ4n) is 1.61. The number of benzene rings is 1. The Morgan fingerprint density at radius 2 is 2.16 bits per heavy atom. The molecule has 2 rings (SSSR count).